The second-order valence-electron chi connectivity index (χ2n) is 5.34. The molecule has 0 heterocycles. The first kappa shape index (κ1) is 17.1. The van der Waals surface area contributed by atoms with Gasteiger partial charge in [0.15, 0.2) is 0 Å². The number of alkyl halides is 3. The SMILES string of the molecule is CN(Nc1cc(C(F)(F)F)ccc1F)C(=O)OC(C)(C)C. The lowest BCUT2D eigenvalue weighted by Crippen LogP contribution is -2.37. The van der Waals surface area contributed by atoms with Crippen LogP contribution in [-0.4, -0.2) is 23.8 Å². The molecule has 21 heavy (non-hydrogen) atoms. The molecule has 1 aromatic carbocycles. The Hall–Kier alpha value is -1.99. The summed E-state index contributed by atoms with van der Waals surface area (Å²) in [7, 11) is 1.22. The number of carbonyl (C=O) groups excluding carboxylic acids is 1. The van der Waals surface area contributed by atoms with Crippen molar-refractivity contribution >= 4 is 11.8 Å². The van der Waals surface area contributed by atoms with E-state index in [0.29, 0.717) is 18.2 Å². The van der Waals surface area contributed by atoms with Crippen LogP contribution in [0.2, 0.25) is 0 Å². The molecule has 0 bridgehead atoms. The molecule has 1 N–H and O–H groups in total. The summed E-state index contributed by atoms with van der Waals surface area (Å²) in [6.07, 6.45) is -5.45. The Kier molecular flexibility index (Phi) is 4.70. The molecular weight excluding hydrogens is 292 g/mol. The van der Waals surface area contributed by atoms with Crippen LogP contribution in [0.3, 0.4) is 0 Å². The predicted octanol–water partition coefficient (Wildman–Crippen LogP) is 4.04. The third-order valence-corrected chi connectivity index (χ3v) is 2.25. The summed E-state index contributed by atoms with van der Waals surface area (Å²) >= 11 is 0. The fourth-order valence-corrected chi connectivity index (χ4v) is 1.34. The fraction of sp³-hybridized carbons (Fsp3) is 0.462. The van der Waals surface area contributed by atoms with Gasteiger partial charge < -0.3 is 4.74 Å². The van der Waals surface area contributed by atoms with Crippen LogP contribution >= 0.6 is 0 Å². The molecule has 0 aliphatic heterocycles. The van der Waals surface area contributed by atoms with E-state index in [2.05, 4.69) is 5.43 Å². The second-order valence-corrected chi connectivity index (χ2v) is 5.34. The lowest BCUT2D eigenvalue weighted by molar-refractivity contribution is -0.137. The van der Waals surface area contributed by atoms with Crippen molar-refractivity contribution in [3.63, 3.8) is 0 Å². The van der Waals surface area contributed by atoms with Crippen LogP contribution < -0.4 is 5.43 Å². The maximum Gasteiger partial charge on any atom is 0.428 e. The number of hydrogen-bond acceptors (Lipinski definition) is 3. The van der Waals surface area contributed by atoms with Gasteiger partial charge in [-0.1, -0.05) is 0 Å². The monoisotopic (exact) mass is 308 g/mol. The number of anilines is 1. The minimum atomic E-state index is -4.60. The molecule has 0 aliphatic carbocycles. The summed E-state index contributed by atoms with van der Waals surface area (Å²) in [5.41, 5.74) is -0.0476. The van der Waals surface area contributed by atoms with Crippen molar-refractivity contribution in [2.45, 2.75) is 32.5 Å². The van der Waals surface area contributed by atoms with E-state index in [1.54, 1.807) is 20.8 Å². The van der Waals surface area contributed by atoms with Gasteiger partial charge in [0, 0.05) is 7.05 Å². The number of halogens is 4. The first-order valence-electron chi connectivity index (χ1n) is 6.00. The molecule has 1 amide bonds. The van der Waals surface area contributed by atoms with Crippen LogP contribution in [0.1, 0.15) is 26.3 Å². The van der Waals surface area contributed by atoms with Gasteiger partial charge in [-0.25, -0.2) is 14.2 Å². The normalized spacial score (nSPS) is 12.0. The Morgan fingerprint density at radius 1 is 1.24 bits per heavy atom. The van der Waals surface area contributed by atoms with Crippen LogP contribution in [0.4, 0.5) is 28.0 Å². The molecule has 0 saturated carbocycles. The van der Waals surface area contributed by atoms with E-state index in [1.807, 2.05) is 0 Å². The number of hydrazine groups is 1. The van der Waals surface area contributed by atoms with Gasteiger partial charge >= 0.3 is 12.3 Å². The highest BCUT2D eigenvalue weighted by atomic mass is 19.4. The van der Waals surface area contributed by atoms with Crippen LogP contribution in [-0.2, 0) is 10.9 Å². The molecule has 0 unspecified atom stereocenters. The Morgan fingerprint density at radius 3 is 2.29 bits per heavy atom. The minimum absolute atomic E-state index is 0.474. The van der Waals surface area contributed by atoms with Gasteiger partial charge in [-0.15, -0.1) is 0 Å². The van der Waals surface area contributed by atoms with E-state index in [9.17, 15) is 22.4 Å². The maximum atomic E-state index is 13.5. The molecule has 0 atom stereocenters. The molecule has 1 rings (SSSR count). The van der Waals surface area contributed by atoms with Gasteiger partial charge in [-0.05, 0) is 39.0 Å². The standard InChI is InChI=1S/C13H16F4N2O2/c1-12(2,3)21-11(20)19(4)18-10-7-8(13(15,16)17)5-6-9(10)14/h5-7,18H,1-4H3. The molecule has 0 aliphatic rings. The summed E-state index contributed by atoms with van der Waals surface area (Å²) in [4.78, 5) is 11.7. The molecule has 0 saturated heterocycles. The van der Waals surface area contributed by atoms with E-state index in [4.69, 9.17) is 4.74 Å². The number of ether oxygens (including phenoxy) is 1. The fourth-order valence-electron chi connectivity index (χ4n) is 1.34. The Bertz CT molecular complexity index is 524. The van der Waals surface area contributed by atoms with Gasteiger partial charge in [-0.2, -0.15) is 13.2 Å². The number of rotatable bonds is 2. The highest BCUT2D eigenvalue weighted by Gasteiger charge is 2.31. The number of amides is 1. The second kappa shape index (κ2) is 5.79. The van der Waals surface area contributed by atoms with E-state index < -0.39 is 34.9 Å². The number of nitrogens with one attached hydrogen (secondary N) is 1. The lowest BCUT2D eigenvalue weighted by atomic mass is 10.2. The highest BCUT2D eigenvalue weighted by molar-refractivity contribution is 5.70. The largest absolute Gasteiger partial charge is 0.442 e. The third kappa shape index (κ3) is 5.13. The van der Waals surface area contributed by atoms with Gasteiger partial charge in [0.2, 0.25) is 0 Å². The maximum absolute atomic E-state index is 13.5. The number of hydrogen-bond donors (Lipinski definition) is 1. The zero-order valence-corrected chi connectivity index (χ0v) is 12.0. The quantitative estimate of drug-likeness (QED) is 0.662. The van der Waals surface area contributed by atoms with Crippen molar-refractivity contribution in [1.82, 2.24) is 5.01 Å². The molecule has 4 nitrogen and oxygen atoms in total. The zero-order chi connectivity index (χ0) is 16.4. The first-order valence-corrected chi connectivity index (χ1v) is 6.00. The zero-order valence-electron chi connectivity index (χ0n) is 12.0. The van der Waals surface area contributed by atoms with Crippen molar-refractivity contribution in [1.29, 1.82) is 0 Å². The topological polar surface area (TPSA) is 41.6 Å². The van der Waals surface area contributed by atoms with Crippen LogP contribution in [0.15, 0.2) is 18.2 Å². The van der Waals surface area contributed by atoms with E-state index >= 15 is 0 Å². The molecule has 1 aromatic rings. The van der Waals surface area contributed by atoms with E-state index in [-0.39, 0.29) is 0 Å². The summed E-state index contributed by atoms with van der Waals surface area (Å²) in [5.74, 6) is -0.918. The van der Waals surface area contributed by atoms with Gasteiger partial charge in [-0.3, -0.25) is 5.43 Å². The average molecular weight is 308 g/mol. The summed E-state index contributed by atoms with van der Waals surface area (Å²) in [5, 5.41) is 0.768. The molecular formula is C13H16F4N2O2. The van der Waals surface area contributed by atoms with Crippen molar-refractivity contribution in [2.75, 3.05) is 12.5 Å². The van der Waals surface area contributed by atoms with E-state index in [0.717, 1.165) is 5.01 Å². The third-order valence-electron chi connectivity index (χ3n) is 2.25. The van der Waals surface area contributed by atoms with Gasteiger partial charge in [0.25, 0.3) is 0 Å². The van der Waals surface area contributed by atoms with Crippen molar-refractivity contribution < 1.29 is 27.1 Å². The molecule has 118 valence electrons. The molecule has 0 spiro atoms. The van der Waals surface area contributed by atoms with Crippen molar-refractivity contribution in [3.8, 4) is 0 Å². The number of benzene rings is 1. The first-order chi connectivity index (χ1) is 9.40. The molecule has 0 aromatic heterocycles. The van der Waals surface area contributed by atoms with Gasteiger partial charge in [0.1, 0.15) is 11.4 Å². The Labute approximate surface area is 119 Å². The minimum Gasteiger partial charge on any atom is -0.442 e. The smallest absolute Gasteiger partial charge is 0.428 e. The lowest BCUT2D eigenvalue weighted by Gasteiger charge is -2.25. The van der Waals surface area contributed by atoms with Crippen LogP contribution in [0.5, 0.6) is 0 Å². The van der Waals surface area contributed by atoms with Crippen LogP contribution in [0, 0.1) is 5.82 Å². The summed E-state index contributed by atoms with van der Waals surface area (Å²) in [6.45, 7) is 4.89. The summed E-state index contributed by atoms with van der Waals surface area (Å²) < 4.78 is 56.2. The van der Waals surface area contributed by atoms with Gasteiger partial charge in [0.05, 0.1) is 11.3 Å². The Balaban J connectivity index is 2.90. The molecule has 8 heteroatoms. The molecule has 0 radical (unpaired) electrons. The Morgan fingerprint density at radius 2 is 1.81 bits per heavy atom. The number of carbonyl (C=O) groups is 1. The highest BCUT2D eigenvalue weighted by Crippen LogP contribution is 2.31. The summed E-state index contributed by atoms with van der Waals surface area (Å²) in [6, 6.07) is 1.87. The predicted molar refractivity (Wildman–Crippen MR) is 69.0 cm³/mol. The van der Waals surface area contributed by atoms with E-state index in [1.165, 1.54) is 7.05 Å². The molecule has 0 fully saturated rings. The average Bonchev–Trinajstić information content (AvgIpc) is 2.28. The van der Waals surface area contributed by atoms with Crippen LogP contribution in [0.25, 0.3) is 0 Å². The van der Waals surface area contributed by atoms with Crippen molar-refractivity contribution in [3.05, 3.63) is 29.6 Å². The number of nitrogens with zero attached hydrogens (tertiary/aromatic N) is 1. The van der Waals surface area contributed by atoms with Crippen molar-refractivity contribution in [2.24, 2.45) is 0 Å².